The summed E-state index contributed by atoms with van der Waals surface area (Å²) in [4.78, 5) is 0.263. The Hall–Kier alpha value is -0.920. The van der Waals surface area contributed by atoms with E-state index in [2.05, 4.69) is 9.82 Å². The lowest BCUT2D eigenvalue weighted by atomic mass is 10.1. The van der Waals surface area contributed by atoms with Crippen molar-refractivity contribution < 1.29 is 13.5 Å². The van der Waals surface area contributed by atoms with Crippen LogP contribution >= 0.6 is 0 Å². The lowest BCUT2D eigenvalue weighted by Crippen LogP contribution is -2.37. The Morgan fingerprint density at radius 3 is 2.53 bits per heavy atom. The van der Waals surface area contributed by atoms with Crippen LogP contribution in [-0.4, -0.2) is 36.0 Å². The number of hydrogen-bond acceptors (Lipinski definition) is 4. The van der Waals surface area contributed by atoms with Gasteiger partial charge >= 0.3 is 0 Å². The first-order valence-corrected chi connectivity index (χ1v) is 7.98. The Balaban J connectivity index is 2.26. The van der Waals surface area contributed by atoms with E-state index in [1.807, 2.05) is 0 Å². The van der Waals surface area contributed by atoms with Gasteiger partial charge in [-0.2, -0.15) is 5.10 Å². The van der Waals surface area contributed by atoms with E-state index in [0.717, 1.165) is 12.8 Å². The van der Waals surface area contributed by atoms with E-state index in [-0.39, 0.29) is 17.5 Å². The molecule has 1 saturated carbocycles. The lowest BCUT2D eigenvalue weighted by Gasteiger charge is -2.17. The Morgan fingerprint density at radius 2 is 2.11 bits per heavy atom. The molecule has 7 heteroatoms. The maximum absolute atomic E-state index is 12.5. The molecule has 1 aromatic heterocycles. The van der Waals surface area contributed by atoms with Crippen molar-refractivity contribution in [3.05, 3.63) is 11.4 Å². The van der Waals surface area contributed by atoms with Crippen molar-refractivity contribution in [2.75, 3.05) is 6.61 Å². The van der Waals surface area contributed by atoms with Gasteiger partial charge in [0.2, 0.25) is 10.0 Å². The summed E-state index contributed by atoms with van der Waals surface area (Å²) >= 11 is 0. The zero-order chi connectivity index (χ0) is 14.2. The number of nitrogens with one attached hydrogen (secondary N) is 1. The van der Waals surface area contributed by atoms with Crippen LogP contribution < -0.4 is 4.72 Å². The third-order valence-corrected chi connectivity index (χ3v) is 5.39. The Kier molecular flexibility index (Phi) is 3.98. The summed E-state index contributed by atoms with van der Waals surface area (Å²) < 4.78 is 29.2. The molecular weight excluding hydrogens is 266 g/mol. The van der Waals surface area contributed by atoms with Crippen LogP contribution in [-0.2, 0) is 17.1 Å². The van der Waals surface area contributed by atoms with Crippen LogP contribution in [0.4, 0.5) is 0 Å². The quantitative estimate of drug-likeness (QED) is 0.797. The van der Waals surface area contributed by atoms with Crippen molar-refractivity contribution in [2.24, 2.45) is 13.0 Å². The molecule has 0 saturated heterocycles. The van der Waals surface area contributed by atoms with E-state index in [1.165, 1.54) is 0 Å². The zero-order valence-electron chi connectivity index (χ0n) is 11.5. The van der Waals surface area contributed by atoms with Crippen LogP contribution in [0, 0.1) is 19.8 Å². The summed E-state index contributed by atoms with van der Waals surface area (Å²) in [6, 6.07) is -0.172. The highest BCUT2D eigenvalue weighted by Crippen LogP contribution is 2.35. The number of aliphatic hydroxyl groups is 1. The number of aryl methyl sites for hydroxylation is 2. The standard InChI is InChI=1S/C12H21N3O3S/c1-8-12(9(2)15(3)13-8)19(17,18)14-11(6-7-16)10-4-5-10/h10-11,14,16H,4-7H2,1-3H3. The molecule has 0 spiro atoms. The minimum absolute atomic E-state index is 0.00527. The van der Waals surface area contributed by atoms with Crippen molar-refractivity contribution in [2.45, 2.75) is 44.0 Å². The smallest absolute Gasteiger partial charge is 0.244 e. The molecule has 0 bridgehead atoms. The third-order valence-electron chi connectivity index (χ3n) is 3.65. The number of aromatic nitrogens is 2. The number of rotatable bonds is 6. The molecule has 108 valence electrons. The van der Waals surface area contributed by atoms with E-state index in [1.54, 1.807) is 25.6 Å². The monoisotopic (exact) mass is 287 g/mol. The molecular formula is C12H21N3O3S. The zero-order valence-corrected chi connectivity index (χ0v) is 12.4. The van der Waals surface area contributed by atoms with Crippen LogP contribution in [0.2, 0.25) is 0 Å². The van der Waals surface area contributed by atoms with E-state index < -0.39 is 10.0 Å². The topological polar surface area (TPSA) is 84.2 Å². The van der Waals surface area contributed by atoms with Crippen LogP contribution in [0.25, 0.3) is 0 Å². The van der Waals surface area contributed by atoms with Crippen molar-refractivity contribution in [1.29, 1.82) is 0 Å². The van der Waals surface area contributed by atoms with Crippen molar-refractivity contribution in [1.82, 2.24) is 14.5 Å². The van der Waals surface area contributed by atoms with Gasteiger partial charge in [0.25, 0.3) is 0 Å². The molecule has 1 unspecified atom stereocenters. The Labute approximate surface area is 113 Å². The number of aliphatic hydroxyl groups excluding tert-OH is 1. The average molecular weight is 287 g/mol. The van der Waals surface area contributed by atoms with Crippen LogP contribution in [0.1, 0.15) is 30.7 Å². The first-order valence-electron chi connectivity index (χ1n) is 6.50. The molecule has 1 aliphatic carbocycles. The summed E-state index contributed by atoms with van der Waals surface area (Å²) in [6.07, 6.45) is 2.51. The lowest BCUT2D eigenvalue weighted by molar-refractivity contribution is 0.265. The fraction of sp³-hybridized carbons (Fsp3) is 0.750. The van der Waals surface area contributed by atoms with E-state index in [0.29, 0.717) is 23.7 Å². The van der Waals surface area contributed by atoms with Gasteiger partial charge in [-0.25, -0.2) is 13.1 Å². The number of sulfonamides is 1. The highest BCUT2D eigenvalue weighted by atomic mass is 32.2. The van der Waals surface area contributed by atoms with Crippen LogP contribution in [0.5, 0.6) is 0 Å². The number of nitrogens with zero attached hydrogens (tertiary/aromatic N) is 2. The Bertz CT molecular complexity index is 561. The van der Waals surface area contributed by atoms with Crippen molar-refractivity contribution in [3.63, 3.8) is 0 Å². The molecule has 1 heterocycles. The molecule has 0 amide bonds. The number of hydrogen-bond donors (Lipinski definition) is 2. The third kappa shape index (κ3) is 2.98. The predicted molar refractivity (Wildman–Crippen MR) is 71.2 cm³/mol. The van der Waals surface area contributed by atoms with Gasteiger partial charge in [0.15, 0.2) is 0 Å². The van der Waals surface area contributed by atoms with Gasteiger partial charge in [0.05, 0.1) is 11.4 Å². The first kappa shape index (κ1) is 14.5. The van der Waals surface area contributed by atoms with Gasteiger partial charge in [0, 0.05) is 19.7 Å². The molecule has 19 heavy (non-hydrogen) atoms. The van der Waals surface area contributed by atoms with E-state index in [4.69, 9.17) is 5.11 Å². The maximum Gasteiger partial charge on any atom is 0.244 e. The van der Waals surface area contributed by atoms with Crippen LogP contribution in [0.3, 0.4) is 0 Å². The molecule has 2 N–H and O–H groups in total. The molecule has 0 aromatic carbocycles. The summed E-state index contributed by atoms with van der Waals surface area (Å²) in [5.74, 6) is 0.360. The first-order chi connectivity index (χ1) is 8.86. The maximum atomic E-state index is 12.5. The molecule has 1 aliphatic rings. The second-order valence-corrected chi connectivity index (χ2v) is 6.85. The fourth-order valence-corrected chi connectivity index (χ4v) is 4.21. The van der Waals surface area contributed by atoms with Crippen molar-refractivity contribution in [3.8, 4) is 0 Å². The van der Waals surface area contributed by atoms with Gasteiger partial charge in [0.1, 0.15) is 4.90 Å². The fourth-order valence-electron chi connectivity index (χ4n) is 2.43. The normalized spacial score (nSPS) is 17.7. The second-order valence-electron chi connectivity index (χ2n) is 5.20. The minimum atomic E-state index is -3.57. The van der Waals surface area contributed by atoms with Crippen LogP contribution in [0.15, 0.2) is 4.90 Å². The summed E-state index contributed by atoms with van der Waals surface area (Å²) in [6.45, 7) is 3.43. The summed E-state index contributed by atoms with van der Waals surface area (Å²) in [5.41, 5.74) is 1.13. The summed E-state index contributed by atoms with van der Waals surface area (Å²) in [7, 11) is -1.84. The molecule has 1 atom stereocenters. The van der Waals surface area contributed by atoms with Gasteiger partial charge in [-0.15, -0.1) is 0 Å². The molecule has 2 rings (SSSR count). The van der Waals surface area contributed by atoms with E-state index >= 15 is 0 Å². The van der Waals surface area contributed by atoms with Crippen molar-refractivity contribution >= 4 is 10.0 Å². The Morgan fingerprint density at radius 1 is 1.47 bits per heavy atom. The van der Waals surface area contributed by atoms with Gasteiger partial charge < -0.3 is 5.11 Å². The molecule has 1 aromatic rings. The molecule has 0 aliphatic heterocycles. The predicted octanol–water partition coefficient (Wildman–Crippen LogP) is 0.476. The highest BCUT2D eigenvalue weighted by Gasteiger charge is 2.35. The SMILES string of the molecule is Cc1nn(C)c(C)c1S(=O)(=O)NC(CCO)C1CC1. The molecule has 1 fully saturated rings. The van der Waals surface area contributed by atoms with Gasteiger partial charge in [-0.1, -0.05) is 0 Å². The highest BCUT2D eigenvalue weighted by molar-refractivity contribution is 7.89. The van der Waals surface area contributed by atoms with Gasteiger partial charge in [-0.3, -0.25) is 4.68 Å². The minimum Gasteiger partial charge on any atom is -0.396 e. The summed E-state index contributed by atoms with van der Waals surface area (Å²) in [5, 5.41) is 13.2. The van der Waals surface area contributed by atoms with E-state index in [9.17, 15) is 8.42 Å². The van der Waals surface area contributed by atoms with Gasteiger partial charge in [-0.05, 0) is 39.0 Å². The molecule has 6 nitrogen and oxygen atoms in total. The molecule has 0 radical (unpaired) electrons. The average Bonchev–Trinajstić information content (AvgIpc) is 3.07. The largest absolute Gasteiger partial charge is 0.396 e. The second kappa shape index (κ2) is 5.22.